The van der Waals surface area contributed by atoms with Crippen LogP contribution in [0.1, 0.15) is 26.7 Å². The highest BCUT2D eigenvalue weighted by molar-refractivity contribution is 7.92. The Morgan fingerprint density at radius 1 is 1.26 bits per heavy atom. The quantitative estimate of drug-likeness (QED) is 0.737. The molecule has 1 aromatic heterocycles. The van der Waals surface area contributed by atoms with Crippen LogP contribution in [0, 0.1) is 0 Å². The predicted octanol–water partition coefficient (Wildman–Crippen LogP) is 1.38. The Balaban J connectivity index is 3.12. The van der Waals surface area contributed by atoms with E-state index in [0.29, 0.717) is 6.42 Å². The summed E-state index contributed by atoms with van der Waals surface area (Å²) in [6, 6.07) is 4.03. The van der Waals surface area contributed by atoms with Crippen LogP contribution in [0.25, 0.3) is 0 Å². The van der Waals surface area contributed by atoms with E-state index < -0.39 is 25.2 Å². The van der Waals surface area contributed by atoms with Gasteiger partial charge < -0.3 is 4.18 Å². The molecule has 1 heterocycles. The molecule has 0 bridgehead atoms. The second-order valence-electron chi connectivity index (χ2n) is 4.25. The number of hydrogen-bond donors (Lipinski definition) is 0. The van der Waals surface area contributed by atoms with Crippen molar-refractivity contribution >= 4 is 20.0 Å². The van der Waals surface area contributed by atoms with Crippen LogP contribution in [-0.4, -0.2) is 33.3 Å². The summed E-state index contributed by atoms with van der Waals surface area (Å²) in [5.74, 6) is -0.243. The van der Waals surface area contributed by atoms with E-state index in [1.165, 1.54) is 18.2 Å². The van der Waals surface area contributed by atoms with Gasteiger partial charge in [0, 0.05) is 6.07 Å². The van der Waals surface area contributed by atoms with Crippen molar-refractivity contribution in [1.82, 2.24) is 4.98 Å². The summed E-state index contributed by atoms with van der Waals surface area (Å²) in [5, 5.41) is -0.743. The SMILES string of the molecule is CCCC(C)S(=O)(=O)c1cccc(OS(C)(=O)=O)n1. The van der Waals surface area contributed by atoms with E-state index in [2.05, 4.69) is 9.17 Å². The van der Waals surface area contributed by atoms with Gasteiger partial charge in [0.2, 0.25) is 5.88 Å². The molecule has 0 aliphatic rings. The predicted molar refractivity (Wildman–Crippen MR) is 71.3 cm³/mol. The van der Waals surface area contributed by atoms with Crippen LogP contribution < -0.4 is 4.18 Å². The number of hydrogen-bond acceptors (Lipinski definition) is 6. The first kappa shape index (κ1) is 15.9. The maximum Gasteiger partial charge on any atom is 0.307 e. The van der Waals surface area contributed by atoms with Gasteiger partial charge in [-0.25, -0.2) is 13.4 Å². The lowest BCUT2D eigenvalue weighted by Gasteiger charge is -2.11. The Morgan fingerprint density at radius 2 is 1.89 bits per heavy atom. The Kier molecular flexibility index (Phi) is 4.92. The highest BCUT2D eigenvalue weighted by atomic mass is 32.2. The van der Waals surface area contributed by atoms with E-state index in [-0.39, 0.29) is 10.9 Å². The summed E-state index contributed by atoms with van der Waals surface area (Å²) in [6.07, 6.45) is 2.12. The van der Waals surface area contributed by atoms with Gasteiger partial charge in [-0.15, -0.1) is 0 Å². The van der Waals surface area contributed by atoms with Crippen molar-refractivity contribution in [3.8, 4) is 5.88 Å². The van der Waals surface area contributed by atoms with Crippen molar-refractivity contribution in [2.24, 2.45) is 0 Å². The third-order valence-electron chi connectivity index (χ3n) is 2.45. The molecule has 0 aliphatic heterocycles. The van der Waals surface area contributed by atoms with Crippen molar-refractivity contribution < 1.29 is 21.0 Å². The maximum atomic E-state index is 12.2. The first-order valence-electron chi connectivity index (χ1n) is 5.77. The zero-order valence-electron chi connectivity index (χ0n) is 11.0. The lowest BCUT2D eigenvalue weighted by atomic mass is 10.3. The summed E-state index contributed by atoms with van der Waals surface area (Å²) < 4.78 is 50.9. The summed E-state index contributed by atoms with van der Waals surface area (Å²) in [7, 11) is -7.29. The maximum absolute atomic E-state index is 12.2. The summed E-state index contributed by atoms with van der Waals surface area (Å²) in [5.41, 5.74) is 0. The van der Waals surface area contributed by atoms with Crippen LogP contribution in [0.15, 0.2) is 23.2 Å². The van der Waals surface area contributed by atoms with Gasteiger partial charge in [-0.2, -0.15) is 8.42 Å². The molecule has 0 saturated carbocycles. The van der Waals surface area contributed by atoms with Crippen LogP contribution in [0.2, 0.25) is 0 Å². The average Bonchev–Trinajstić information content (AvgIpc) is 2.27. The van der Waals surface area contributed by atoms with E-state index in [9.17, 15) is 16.8 Å². The first-order chi connectivity index (χ1) is 8.66. The van der Waals surface area contributed by atoms with Crippen molar-refractivity contribution in [3.63, 3.8) is 0 Å². The Labute approximate surface area is 113 Å². The molecule has 1 aromatic rings. The summed E-state index contributed by atoms with van der Waals surface area (Å²) in [4.78, 5) is 3.74. The van der Waals surface area contributed by atoms with Gasteiger partial charge in [0.1, 0.15) is 0 Å². The molecule has 1 unspecified atom stereocenters. The standard InChI is InChI=1S/C11H17NO5S2/c1-4-6-9(2)19(15,16)11-8-5-7-10(12-11)17-18(3,13)14/h5,7-9H,4,6H2,1-3H3. The van der Waals surface area contributed by atoms with Gasteiger partial charge in [0.05, 0.1) is 11.5 Å². The van der Waals surface area contributed by atoms with E-state index in [4.69, 9.17) is 0 Å². The molecule has 0 aromatic carbocycles. The third-order valence-corrected chi connectivity index (χ3v) is 5.03. The number of pyridine rings is 1. The minimum atomic E-state index is -3.73. The van der Waals surface area contributed by atoms with Crippen molar-refractivity contribution in [3.05, 3.63) is 18.2 Å². The van der Waals surface area contributed by atoms with Gasteiger partial charge in [-0.05, 0) is 19.4 Å². The molecule has 1 atom stereocenters. The fourth-order valence-electron chi connectivity index (χ4n) is 1.52. The molecule has 1 rings (SSSR count). The van der Waals surface area contributed by atoms with Crippen LogP contribution in [0.5, 0.6) is 5.88 Å². The molecule has 0 fully saturated rings. The highest BCUT2D eigenvalue weighted by Crippen LogP contribution is 2.20. The molecule has 19 heavy (non-hydrogen) atoms. The van der Waals surface area contributed by atoms with Gasteiger partial charge in [-0.1, -0.05) is 19.4 Å². The second-order valence-corrected chi connectivity index (χ2v) is 8.13. The molecule has 0 saturated heterocycles. The van der Waals surface area contributed by atoms with E-state index in [0.717, 1.165) is 12.7 Å². The third kappa shape index (κ3) is 4.46. The summed E-state index contributed by atoms with van der Waals surface area (Å²) in [6.45, 7) is 3.49. The molecule has 0 radical (unpaired) electrons. The molecule has 0 aliphatic carbocycles. The minimum Gasteiger partial charge on any atom is -0.362 e. The second kappa shape index (κ2) is 5.87. The Morgan fingerprint density at radius 3 is 2.42 bits per heavy atom. The molecular weight excluding hydrogens is 290 g/mol. The molecule has 108 valence electrons. The first-order valence-corrected chi connectivity index (χ1v) is 9.13. The monoisotopic (exact) mass is 307 g/mol. The zero-order chi connectivity index (χ0) is 14.7. The number of sulfone groups is 1. The largest absolute Gasteiger partial charge is 0.362 e. The Bertz CT molecular complexity index is 637. The highest BCUT2D eigenvalue weighted by Gasteiger charge is 2.24. The molecule has 8 heteroatoms. The molecule has 0 spiro atoms. The van der Waals surface area contributed by atoms with Crippen molar-refractivity contribution in [2.75, 3.05) is 6.26 Å². The molecule has 0 N–H and O–H groups in total. The van der Waals surface area contributed by atoms with E-state index in [1.54, 1.807) is 6.92 Å². The van der Waals surface area contributed by atoms with Crippen molar-refractivity contribution in [1.29, 1.82) is 0 Å². The van der Waals surface area contributed by atoms with Crippen LogP contribution >= 0.6 is 0 Å². The van der Waals surface area contributed by atoms with Crippen molar-refractivity contribution in [2.45, 2.75) is 37.0 Å². The molecular formula is C11H17NO5S2. The minimum absolute atomic E-state index is 0.172. The Hall–Kier alpha value is -1.15. The van der Waals surface area contributed by atoms with Gasteiger partial charge in [0.25, 0.3) is 0 Å². The fraction of sp³-hybridized carbons (Fsp3) is 0.545. The average molecular weight is 307 g/mol. The number of nitrogens with zero attached hydrogens (tertiary/aromatic N) is 1. The van der Waals surface area contributed by atoms with E-state index >= 15 is 0 Å². The van der Waals surface area contributed by atoms with Gasteiger partial charge >= 0.3 is 10.1 Å². The van der Waals surface area contributed by atoms with Crippen LogP contribution in [0.3, 0.4) is 0 Å². The summed E-state index contributed by atoms with van der Waals surface area (Å²) >= 11 is 0. The topological polar surface area (TPSA) is 90.4 Å². The molecule has 0 amide bonds. The lowest BCUT2D eigenvalue weighted by Crippen LogP contribution is -2.19. The van der Waals surface area contributed by atoms with Crippen LogP contribution in [0.4, 0.5) is 0 Å². The fourth-order valence-corrected chi connectivity index (χ4v) is 3.37. The molecule has 6 nitrogen and oxygen atoms in total. The van der Waals surface area contributed by atoms with E-state index in [1.807, 2.05) is 6.92 Å². The normalized spacial score (nSPS) is 14.1. The number of rotatable bonds is 6. The smallest absolute Gasteiger partial charge is 0.307 e. The van der Waals surface area contributed by atoms with Gasteiger partial charge in [0.15, 0.2) is 14.9 Å². The van der Waals surface area contributed by atoms with Crippen LogP contribution in [-0.2, 0) is 20.0 Å². The number of aromatic nitrogens is 1. The lowest BCUT2D eigenvalue weighted by molar-refractivity contribution is 0.478. The van der Waals surface area contributed by atoms with Gasteiger partial charge in [-0.3, -0.25) is 0 Å². The zero-order valence-corrected chi connectivity index (χ0v) is 12.7.